The molecule has 3 aromatic carbocycles. The lowest BCUT2D eigenvalue weighted by Gasteiger charge is -2.17. The smallest absolute Gasteiger partial charge is 0.223 e. The second kappa shape index (κ2) is 9.49. The van der Waals surface area contributed by atoms with Gasteiger partial charge < -0.3 is 14.2 Å². The molecular formula is C28H29N3O2. The maximum absolute atomic E-state index is 12.8. The van der Waals surface area contributed by atoms with E-state index >= 15 is 0 Å². The van der Waals surface area contributed by atoms with Gasteiger partial charge in [-0.3, -0.25) is 4.79 Å². The molecule has 1 aromatic heterocycles. The number of ether oxygens (including phenoxy) is 1. The lowest BCUT2D eigenvalue weighted by atomic mass is 10.1. The molecule has 1 saturated heterocycles. The fraction of sp³-hybridized carbons (Fsp3) is 0.286. The summed E-state index contributed by atoms with van der Waals surface area (Å²) in [6.45, 7) is 4.72. The van der Waals surface area contributed by atoms with Crippen LogP contribution in [0.5, 0.6) is 5.75 Å². The summed E-state index contributed by atoms with van der Waals surface area (Å²) < 4.78 is 8.28. The molecule has 0 radical (unpaired) electrons. The van der Waals surface area contributed by atoms with Crippen LogP contribution >= 0.6 is 0 Å². The summed E-state index contributed by atoms with van der Waals surface area (Å²) in [4.78, 5) is 19.7. The van der Waals surface area contributed by atoms with Gasteiger partial charge in [0.05, 0.1) is 17.6 Å². The van der Waals surface area contributed by atoms with Gasteiger partial charge in [-0.15, -0.1) is 0 Å². The maximum Gasteiger partial charge on any atom is 0.223 e. The molecule has 1 aliphatic rings. The van der Waals surface area contributed by atoms with E-state index in [9.17, 15) is 4.79 Å². The van der Waals surface area contributed by atoms with Gasteiger partial charge in [0.15, 0.2) is 0 Å². The zero-order valence-corrected chi connectivity index (χ0v) is 19.0. The van der Waals surface area contributed by atoms with Gasteiger partial charge in [0.2, 0.25) is 5.91 Å². The molecule has 0 spiro atoms. The number of nitrogens with zero attached hydrogens (tertiary/aromatic N) is 3. The van der Waals surface area contributed by atoms with Crippen LogP contribution in [0, 0.1) is 0 Å². The number of fused-ring (bicyclic) bond motifs is 1. The van der Waals surface area contributed by atoms with Crippen LogP contribution in [0.2, 0.25) is 0 Å². The predicted octanol–water partition coefficient (Wildman–Crippen LogP) is 5.19. The van der Waals surface area contributed by atoms with Gasteiger partial charge in [-0.25, -0.2) is 4.98 Å². The van der Waals surface area contributed by atoms with Crippen LogP contribution < -0.4 is 4.74 Å². The Balaban J connectivity index is 1.33. The van der Waals surface area contributed by atoms with Crippen LogP contribution in [0.3, 0.4) is 0 Å². The number of benzene rings is 3. The Hall–Kier alpha value is -3.60. The Morgan fingerprint density at radius 1 is 0.939 bits per heavy atom. The van der Waals surface area contributed by atoms with Gasteiger partial charge in [-0.1, -0.05) is 61.5 Å². The molecule has 0 aliphatic carbocycles. The third-order valence-corrected chi connectivity index (χ3v) is 6.40. The zero-order chi connectivity index (χ0) is 22.6. The van der Waals surface area contributed by atoms with Gasteiger partial charge in [0.25, 0.3) is 0 Å². The number of hydrogen-bond donors (Lipinski definition) is 0. The SMILES string of the molecule is CCc1ccc(OCCn2c(C3CC(=O)N(Cc4ccccc4)C3)nc3ccccc32)cc1. The average molecular weight is 440 g/mol. The van der Waals surface area contributed by atoms with Crippen LogP contribution in [0.4, 0.5) is 0 Å². The highest BCUT2D eigenvalue weighted by molar-refractivity contribution is 5.81. The molecule has 1 aliphatic heterocycles. The Kier molecular flexibility index (Phi) is 6.11. The quantitative estimate of drug-likeness (QED) is 0.379. The van der Waals surface area contributed by atoms with Gasteiger partial charge in [-0.05, 0) is 41.8 Å². The fourth-order valence-corrected chi connectivity index (χ4v) is 4.62. The van der Waals surface area contributed by atoms with Crippen LogP contribution in [0.25, 0.3) is 11.0 Å². The number of carbonyl (C=O) groups is 1. The molecule has 33 heavy (non-hydrogen) atoms. The Morgan fingerprint density at radius 3 is 2.48 bits per heavy atom. The Bertz CT molecular complexity index is 1230. The number of amides is 1. The summed E-state index contributed by atoms with van der Waals surface area (Å²) in [5.41, 5.74) is 4.51. The van der Waals surface area contributed by atoms with E-state index in [0.717, 1.165) is 34.6 Å². The largest absolute Gasteiger partial charge is 0.492 e. The third kappa shape index (κ3) is 4.63. The van der Waals surface area contributed by atoms with Crippen LogP contribution in [-0.4, -0.2) is 33.5 Å². The van der Waals surface area contributed by atoms with Gasteiger partial charge in [0.1, 0.15) is 18.2 Å². The molecule has 5 nitrogen and oxygen atoms in total. The van der Waals surface area contributed by atoms with Crippen molar-refractivity contribution in [3.63, 3.8) is 0 Å². The molecule has 2 heterocycles. The minimum Gasteiger partial charge on any atom is -0.492 e. The van der Waals surface area contributed by atoms with E-state index in [1.807, 2.05) is 53.4 Å². The first-order valence-corrected chi connectivity index (χ1v) is 11.7. The predicted molar refractivity (Wildman–Crippen MR) is 130 cm³/mol. The van der Waals surface area contributed by atoms with E-state index in [-0.39, 0.29) is 11.8 Å². The van der Waals surface area contributed by atoms with Gasteiger partial charge in [-0.2, -0.15) is 0 Å². The van der Waals surface area contributed by atoms with Crippen molar-refractivity contribution in [2.75, 3.05) is 13.2 Å². The standard InChI is InChI=1S/C28H29N3O2/c1-2-21-12-14-24(15-13-21)33-17-16-31-26-11-7-6-10-25(26)29-28(31)23-18-27(32)30(20-23)19-22-8-4-3-5-9-22/h3-15,23H,2,16-20H2,1H3. The highest BCUT2D eigenvalue weighted by Crippen LogP contribution is 2.31. The van der Waals surface area contributed by atoms with E-state index in [2.05, 4.69) is 41.8 Å². The second-order valence-electron chi connectivity index (χ2n) is 8.62. The number of likely N-dealkylation sites (tertiary alicyclic amines) is 1. The normalized spacial score (nSPS) is 16.0. The summed E-state index contributed by atoms with van der Waals surface area (Å²) in [5, 5.41) is 0. The first-order chi connectivity index (χ1) is 16.2. The molecule has 0 saturated carbocycles. The third-order valence-electron chi connectivity index (χ3n) is 6.40. The van der Waals surface area contributed by atoms with E-state index in [4.69, 9.17) is 9.72 Å². The van der Waals surface area contributed by atoms with Crippen molar-refractivity contribution < 1.29 is 9.53 Å². The Labute approximate surface area is 194 Å². The van der Waals surface area contributed by atoms with E-state index < -0.39 is 0 Å². The number of para-hydroxylation sites is 2. The first-order valence-electron chi connectivity index (χ1n) is 11.7. The van der Waals surface area contributed by atoms with Crippen molar-refractivity contribution in [2.45, 2.75) is 38.8 Å². The highest BCUT2D eigenvalue weighted by atomic mass is 16.5. The molecule has 168 valence electrons. The van der Waals surface area contributed by atoms with Crippen molar-refractivity contribution in [1.82, 2.24) is 14.5 Å². The molecule has 5 heteroatoms. The van der Waals surface area contributed by atoms with Crippen molar-refractivity contribution in [3.8, 4) is 5.75 Å². The monoisotopic (exact) mass is 439 g/mol. The molecule has 0 bridgehead atoms. The topological polar surface area (TPSA) is 47.4 Å². The molecule has 5 rings (SSSR count). The maximum atomic E-state index is 12.8. The number of rotatable bonds is 8. The van der Waals surface area contributed by atoms with Crippen molar-refractivity contribution in [3.05, 3.63) is 95.8 Å². The van der Waals surface area contributed by atoms with E-state index in [1.54, 1.807) is 0 Å². The van der Waals surface area contributed by atoms with E-state index in [1.165, 1.54) is 5.56 Å². The summed E-state index contributed by atoms with van der Waals surface area (Å²) in [6.07, 6.45) is 1.52. The lowest BCUT2D eigenvalue weighted by Crippen LogP contribution is -2.24. The average Bonchev–Trinajstić information content (AvgIpc) is 3.40. The number of carbonyl (C=O) groups excluding carboxylic acids is 1. The fourth-order valence-electron chi connectivity index (χ4n) is 4.62. The molecule has 0 N–H and O–H groups in total. The van der Waals surface area contributed by atoms with Crippen molar-refractivity contribution in [1.29, 1.82) is 0 Å². The first kappa shape index (κ1) is 21.3. The minimum atomic E-state index is 0.0810. The van der Waals surface area contributed by atoms with Crippen molar-refractivity contribution >= 4 is 16.9 Å². The van der Waals surface area contributed by atoms with Crippen LogP contribution in [0.1, 0.15) is 36.2 Å². The molecule has 1 unspecified atom stereocenters. The number of aryl methyl sites for hydroxylation is 1. The summed E-state index contributed by atoms with van der Waals surface area (Å²) in [6, 6.07) is 26.6. The minimum absolute atomic E-state index is 0.0810. The molecule has 4 aromatic rings. The summed E-state index contributed by atoms with van der Waals surface area (Å²) >= 11 is 0. The molecule has 1 atom stereocenters. The van der Waals surface area contributed by atoms with Crippen molar-refractivity contribution in [2.24, 2.45) is 0 Å². The number of imidazole rings is 1. The summed E-state index contributed by atoms with van der Waals surface area (Å²) in [5.74, 6) is 2.13. The van der Waals surface area contributed by atoms with E-state index in [0.29, 0.717) is 32.7 Å². The second-order valence-corrected chi connectivity index (χ2v) is 8.62. The Morgan fingerprint density at radius 2 is 1.70 bits per heavy atom. The van der Waals surface area contributed by atoms with Gasteiger partial charge >= 0.3 is 0 Å². The van der Waals surface area contributed by atoms with Crippen LogP contribution in [0.15, 0.2) is 78.9 Å². The lowest BCUT2D eigenvalue weighted by molar-refractivity contribution is -0.128. The number of aromatic nitrogens is 2. The highest BCUT2D eigenvalue weighted by Gasteiger charge is 2.33. The molecule has 1 fully saturated rings. The zero-order valence-electron chi connectivity index (χ0n) is 19.0. The summed E-state index contributed by atoms with van der Waals surface area (Å²) in [7, 11) is 0. The molecule has 1 amide bonds. The number of hydrogen-bond acceptors (Lipinski definition) is 3. The van der Waals surface area contributed by atoms with Crippen LogP contribution in [-0.2, 0) is 24.3 Å². The van der Waals surface area contributed by atoms with Gasteiger partial charge in [0, 0.05) is 25.4 Å². The molecular weight excluding hydrogens is 410 g/mol.